The molecule has 0 aliphatic heterocycles. The first-order valence-corrected chi connectivity index (χ1v) is 5.88. The van der Waals surface area contributed by atoms with E-state index in [4.69, 9.17) is 18.0 Å². The monoisotopic (exact) mass is 239 g/mol. The molecule has 88 valence electrons. The van der Waals surface area contributed by atoms with Crippen molar-refractivity contribution in [3.8, 4) is 0 Å². The first-order valence-electron chi connectivity index (χ1n) is 5.47. The second-order valence-electron chi connectivity index (χ2n) is 4.49. The summed E-state index contributed by atoms with van der Waals surface area (Å²) in [6.07, 6.45) is 2.40. The smallest absolute Gasteiger partial charge is 0.143 e. The molecule has 16 heavy (non-hydrogen) atoms. The molecule has 0 atom stereocenters. The summed E-state index contributed by atoms with van der Waals surface area (Å²) in [5.74, 6) is 0.564. The van der Waals surface area contributed by atoms with Crippen LogP contribution in [0.1, 0.15) is 30.1 Å². The average molecular weight is 239 g/mol. The van der Waals surface area contributed by atoms with Crippen molar-refractivity contribution in [1.82, 2.24) is 19.9 Å². The van der Waals surface area contributed by atoms with Crippen molar-refractivity contribution in [3.05, 3.63) is 11.4 Å². The molecule has 1 aliphatic carbocycles. The first kappa shape index (κ1) is 11.5. The van der Waals surface area contributed by atoms with E-state index in [1.807, 2.05) is 18.8 Å². The van der Waals surface area contributed by atoms with Gasteiger partial charge in [-0.05, 0) is 26.9 Å². The maximum Gasteiger partial charge on any atom is 0.143 e. The van der Waals surface area contributed by atoms with Crippen LogP contribution in [0.2, 0.25) is 0 Å². The number of hydrogen-bond acceptors (Lipinski definition) is 4. The molecule has 0 saturated heterocycles. The normalized spacial score (nSPS) is 15.7. The first-order chi connectivity index (χ1) is 7.59. The summed E-state index contributed by atoms with van der Waals surface area (Å²) in [5, 5.41) is 8.23. The predicted molar refractivity (Wildman–Crippen MR) is 66.4 cm³/mol. The average Bonchev–Trinajstić information content (AvgIpc) is 2.95. The Morgan fingerprint density at radius 3 is 2.75 bits per heavy atom. The van der Waals surface area contributed by atoms with Crippen molar-refractivity contribution >= 4 is 17.2 Å². The number of hydrogen-bond donors (Lipinski definition) is 1. The van der Waals surface area contributed by atoms with Crippen LogP contribution in [0.4, 0.5) is 0 Å². The van der Waals surface area contributed by atoms with Gasteiger partial charge in [0.25, 0.3) is 0 Å². The Morgan fingerprint density at radius 2 is 2.25 bits per heavy atom. The molecule has 1 saturated carbocycles. The van der Waals surface area contributed by atoms with Gasteiger partial charge in [-0.3, -0.25) is 0 Å². The summed E-state index contributed by atoms with van der Waals surface area (Å²) in [6.45, 7) is 1.79. The van der Waals surface area contributed by atoms with Crippen LogP contribution < -0.4 is 5.73 Å². The van der Waals surface area contributed by atoms with Crippen molar-refractivity contribution in [3.63, 3.8) is 0 Å². The fraction of sp³-hybridized carbons (Fsp3) is 0.700. The lowest BCUT2D eigenvalue weighted by Crippen LogP contribution is -2.21. The Kier molecular flexibility index (Phi) is 3.20. The Balaban J connectivity index is 2.20. The number of aromatic nitrogens is 3. The van der Waals surface area contributed by atoms with Crippen molar-refractivity contribution in [2.24, 2.45) is 5.73 Å². The molecular formula is C10H17N5S. The molecule has 5 nitrogen and oxygen atoms in total. The number of nitrogens with two attached hydrogens (primary N) is 1. The molecule has 0 amide bonds. The van der Waals surface area contributed by atoms with Crippen LogP contribution >= 0.6 is 12.2 Å². The number of nitrogens with zero attached hydrogens (tertiary/aromatic N) is 4. The highest BCUT2D eigenvalue weighted by Gasteiger charge is 2.31. The van der Waals surface area contributed by atoms with Gasteiger partial charge in [0.1, 0.15) is 10.7 Å². The summed E-state index contributed by atoms with van der Waals surface area (Å²) < 4.78 is 1.95. The van der Waals surface area contributed by atoms with Gasteiger partial charge >= 0.3 is 0 Å². The summed E-state index contributed by atoms with van der Waals surface area (Å²) in [4.78, 5) is 2.48. The zero-order chi connectivity index (χ0) is 11.7. The van der Waals surface area contributed by atoms with E-state index < -0.39 is 0 Å². The lowest BCUT2D eigenvalue weighted by atomic mass is 10.2. The second kappa shape index (κ2) is 4.47. The molecule has 1 aromatic rings. The molecule has 1 fully saturated rings. The molecule has 2 rings (SSSR count). The fourth-order valence-corrected chi connectivity index (χ4v) is 1.86. The van der Waals surface area contributed by atoms with Gasteiger partial charge in [0, 0.05) is 12.5 Å². The van der Waals surface area contributed by atoms with Crippen LogP contribution in [0.15, 0.2) is 0 Å². The minimum Gasteiger partial charge on any atom is -0.388 e. The van der Waals surface area contributed by atoms with Gasteiger partial charge in [0.05, 0.1) is 12.2 Å². The molecule has 2 N–H and O–H groups in total. The number of rotatable bonds is 5. The molecule has 0 radical (unpaired) electrons. The molecule has 0 bridgehead atoms. The van der Waals surface area contributed by atoms with Crippen LogP contribution in [0, 0.1) is 0 Å². The standard InChI is InChI=1S/C10H17N5S/c1-14(2)5-6-15-9(7-3-4-7)8(10(11)16)12-13-15/h7H,3-6H2,1-2H3,(H2,11,16). The zero-order valence-corrected chi connectivity index (χ0v) is 10.5. The Hall–Kier alpha value is -1.01. The Morgan fingerprint density at radius 1 is 1.56 bits per heavy atom. The van der Waals surface area contributed by atoms with Crippen LogP contribution in [0.5, 0.6) is 0 Å². The Labute approximate surface area is 101 Å². The van der Waals surface area contributed by atoms with Crippen molar-refractivity contribution in [2.75, 3.05) is 20.6 Å². The van der Waals surface area contributed by atoms with Crippen molar-refractivity contribution < 1.29 is 0 Å². The Bertz CT molecular complexity index is 394. The molecule has 1 aliphatic rings. The predicted octanol–water partition coefficient (Wildman–Crippen LogP) is 0.351. The minimum absolute atomic E-state index is 0.359. The third-order valence-electron chi connectivity index (χ3n) is 2.73. The number of thiocarbonyl (C=S) groups is 1. The molecule has 0 unspecified atom stereocenters. The van der Waals surface area contributed by atoms with Crippen LogP contribution in [-0.2, 0) is 6.54 Å². The highest BCUT2D eigenvalue weighted by atomic mass is 32.1. The van der Waals surface area contributed by atoms with E-state index in [1.165, 1.54) is 12.8 Å². The quantitative estimate of drug-likeness (QED) is 0.751. The van der Waals surface area contributed by atoms with Crippen molar-refractivity contribution in [1.29, 1.82) is 0 Å². The summed E-state index contributed by atoms with van der Waals surface area (Å²) in [7, 11) is 4.09. The summed E-state index contributed by atoms with van der Waals surface area (Å²) >= 11 is 5.00. The maximum absolute atomic E-state index is 5.65. The largest absolute Gasteiger partial charge is 0.388 e. The van der Waals surface area contributed by atoms with E-state index in [2.05, 4.69) is 15.2 Å². The summed E-state index contributed by atoms with van der Waals surface area (Å²) in [5.41, 5.74) is 7.51. The van der Waals surface area contributed by atoms with Crippen molar-refractivity contribution in [2.45, 2.75) is 25.3 Å². The van der Waals surface area contributed by atoms with E-state index in [1.54, 1.807) is 0 Å². The molecule has 0 spiro atoms. The SMILES string of the molecule is CN(C)CCn1nnc(C(N)=S)c1C1CC1. The van der Waals surface area contributed by atoms with Gasteiger partial charge < -0.3 is 10.6 Å². The molecule has 1 aromatic heterocycles. The number of likely N-dealkylation sites (N-methyl/N-ethyl adjacent to an activating group) is 1. The lowest BCUT2D eigenvalue weighted by Gasteiger charge is -2.11. The molecule has 6 heteroatoms. The van der Waals surface area contributed by atoms with Crippen LogP contribution in [-0.4, -0.2) is 45.5 Å². The third kappa shape index (κ3) is 2.38. The maximum atomic E-state index is 5.65. The van der Waals surface area contributed by atoms with E-state index in [-0.39, 0.29) is 0 Å². The summed E-state index contributed by atoms with van der Waals surface area (Å²) in [6, 6.07) is 0. The topological polar surface area (TPSA) is 60.0 Å². The highest BCUT2D eigenvalue weighted by molar-refractivity contribution is 7.80. The fourth-order valence-electron chi connectivity index (χ4n) is 1.72. The zero-order valence-electron chi connectivity index (χ0n) is 9.68. The molecule has 0 aromatic carbocycles. The third-order valence-corrected chi connectivity index (χ3v) is 2.92. The van der Waals surface area contributed by atoms with E-state index >= 15 is 0 Å². The molecule has 1 heterocycles. The highest BCUT2D eigenvalue weighted by Crippen LogP contribution is 2.41. The van der Waals surface area contributed by atoms with E-state index in [0.717, 1.165) is 24.5 Å². The molecular weight excluding hydrogens is 222 g/mol. The van der Waals surface area contributed by atoms with E-state index in [9.17, 15) is 0 Å². The van der Waals surface area contributed by atoms with Gasteiger partial charge in [-0.15, -0.1) is 5.10 Å². The van der Waals surface area contributed by atoms with Gasteiger partial charge in [0.2, 0.25) is 0 Å². The van der Waals surface area contributed by atoms with Gasteiger partial charge in [-0.1, -0.05) is 17.4 Å². The van der Waals surface area contributed by atoms with Crippen LogP contribution in [0.25, 0.3) is 0 Å². The van der Waals surface area contributed by atoms with Gasteiger partial charge in [-0.25, -0.2) is 4.68 Å². The van der Waals surface area contributed by atoms with Gasteiger partial charge in [-0.2, -0.15) is 0 Å². The van der Waals surface area contributed by atoms with Gasteiger partial charge in [0.15, 0.2) is 0 Å². The van der Waals surface area contributed by atoms with E-state index in [0.29, 0.717) is 10.9 Å². The second-order valence-corrected chi connectivity index (χ2v) is 4.93. The minimum atomic E-state index is 0.359. The van der Waals surface area contributed by atoms with Crippen LogP contribution in [0.3, 0.4) is 0 Å². The lowest BCUT2D eigenvalue weighted by molar-refractivity contribution is 0.366.